The van der Waals surface area contributed by atoms with Crippen LogP contribution in [0, 0.1) is 0 Å². The maximum atomic E-state index is 11.1. The van der Waals surface area contributed by atoms with Crippen LogP contribution in [0.2, 0.25) is 0 Å². The first kappa shape index (κ1) is 14.9. The molecule has 0 aromatic carbocycles. The van der Waals surface area contributed by atoms with Gasteiger partial charge in [0.25, 0.3) is 0 Å². The molecule has 0 N–H and O–H groups in total. The quantitative estimate of drug-likeness (QED) is 0.238. The molecule has 0 aliphatic heterocycles. The van der Waals surface area contributed by atoms with Gasteiger partial charge in [0, 0.05) is 6.42 Å². The zero-order valence-electron chi connectivity index (χ0n) is 10.4. The fraction of sp³-hybridized carbons (Fsp3) is 0.643. The maximum Gasteiger partial charge on any atom is 0.310 e. The Morgan fingerprint density at radius 2 is 1.75 bits per heavy atom. The van der Waals surface area contributed by atoms with Gasteiger partial charge in [-0.15, -0.1) is 6.58 Å². The zero-order chi connectivity index (χ0) is 12.1. The summed E-state index contributed by atoms with van der Waals surface area (Å²) in [7, 11) is 0. The van der Waals surface area contributed by atoms with Crippen LogP contribution in [0.15, 0.2) is 25.0 Å². The molecule has 0 rings (SSSR count). The highest BCUT2D eigenvalue weighted by Crippen LogP contribution is 2.09. The van der Waals surface area contributed by atoms with Gasteiger partial charge < -0.3 is 4.74 Å². The normalized spacial score (nSPS) is 10.6. The molecular weight excluding hydrogens is 200 g/mol. The Bertz CT molecular complexity index is 207. The summed E-state index contributed by atoms with van der Waals surface area (Å²) in [5.41, 5.74) is 0. The van der Waals surface area contributed by atoms with E-state index in [0.29, 0.717) is 6.42 Å². The van der Waals surface area contributed by atoms with Gasteiger partial charge in [0.1, 0.15) is 0 Å². The fourth-order valence-electron chi connectivity index (χ4n) is 1.47. The Kier molecular flexibility index (Phi) is 11.2. The van der Waals surface area contributed by atoms with Gasteiger partial charge in [-0.1, -0.05) is 37.8 Å². The van der Waals surface area contributed by atoms with Crippen LogP contribution in [0.4, 0.5) is 0 Å². The van der Waals surface area contributed by atoms with Crippen molar-refractivity contribution in [1.82, 2.24) is 0 Å². The number of ether oxygens (including phenoxy) is 1. The Morgan fingerprint density at radius 3 is 2.38 bits per heavy atom. The van der Waals surface area contributed by atoms with Crippen molar-refractivity contribution in [3.8, 4) is 0 Å². The van der Waals surface area contributed by atoms with Crippen molar-refractivity contribution in [2.75, 3.05) is 0 Å². The number of rotatable bonds is 10. The van der Waals surface area contributed by atoms with Gasteiger partial charge in [-0.2, -0.15) is 0 Å². The van der Waals surface area contributed by atoms with Crippen molar-refractivity contribution >= 4 is 5.97 Å². The molecule has 0 unspecified atom stereocenters. The first-order chi connectivity index (χ1) is 7.81. The van der Waals surface area contributed by atoms with Crippen LogP contribution in [0.3, 0.4) is 0 Å². The molecule has 2 nitrogen and oxygen atoms in total. The topological polar surface area (TPSA) is 26.3 Å². The van der Waals surface area contributed by atoms with Crippen LogP contribution in [0.5, 0.6) is 0 Å². The number of esters is 1. The predicted molar refractivity (Wildman–Crippen MR) is 68.0 cm³/mol. The molecular formula is C14H24O2. The van der Waals surface area contributed by atoms with Gasteiger partial charge in [0.2, 0.25) is 0 Å². The van der Waals surface area contributed by atoms with E-state index >= 15 is 0 Å². The summed E-state index contributed by atoms with van der Waals surface area (Å²) < 4.78 is 4.82. The lowest BCUT2D eigenvalue weighted by atomic mass is 10.1. The van der Waals surface area contributed by atoms with E-state index in [9.17, 15) is 4.79 Å². The molecule has 0 aliphatic rings. The van der Waals surface area contributed by atoms with Crippen molar-refractivity contribution < 1.29 is 9.53 Å². The number of hydrogen-bond donors (Lipinski definition) is 0. The van der Waals surface area contributed by atoms with Crippen LogP contribution in [-0.2, 0) is 9.53 Å². The first-order valence-electron chi connectivity index (χ1n) is 6.22. The lowest BCUT2D eigenvalue weighted by molar-refractivity contribution is -0.138. The number of carbonyl (C=O) groups is 1. The third-order valence-corrected chi connectivity index (χ3v) is 2.37. The molecule has 0 aliphatic carbocycles. The average molecular weight is 224 g/mol. The molecule has 16 heavy (non-hydrogen) atoms. The molecule has 92 valence electrons. The Balaban J connectivity index is 3.14. The largest absolute Gasteiger partial charge is 0.435 e. The van der Waals surface area contributed by atoms with E-state index in [4.69, 9.17) is 4.74 Å². The number of unbranched alkanes of at least 4 members (excludes halogenated alkanes) is 6. The Hall–Kier alpha value is -1.05. The summed E-state index contributed by atoms with van der Waals surface area (Å²) >= 11 is 0. The summed E-state index contributed by atoms with van der Waals surface area (Å²) in [6.45, 7) is 5.52. The van der Waals surface area contributed by atoms with Gasteiger partial charge >= 0.3 is 5.97 Å². The molecule has 2 heteroatoms. The van der Waals surface area contributed by atoms with Crippen molar-refractivity contribution in [1.29, 1.82) is 0 Å². The van der Waals surface area contributed by atoms with Crippen LogP contribution >= 0.6 is 0 Å². The third kappa shape index (κ3) is 11.0. The highest BCUT2D eigenvalue weighted by Gasteiger charge is 1.99. The van der Waals surface area contributed by atoms with Crippen molar-refractivity contribution in [2.24, 2.45) is 0 Å². The van der Waals surface area contributed by atoms with Crippen LogP contribution in [0.25, 0.3) is 0 Å². The van der Waals surface area contributed by atoms with Gasteiger partial charge in [0.15, 0.2) is 0 Å². The lowest BCUT2D eigenvalue weighted by Crippen LogP contribution is -1.98. The number of hydrogen-bond acceptors (Lipinski definition) is 2. The molecule has 0 aromatic rings. The second kappa shape index (κ2) is 12.0. The minimum absolute atomic E-state index is 0.121. The molecule has 0 radical (unpaired) electrons. The highest BCUT2D eigenvalue weighted by atomic mass is 16.5. The standard InChI is InChI=1S/C14H24O2/c1-3-5-6-7-8-9-10-11-12-14(15)16-13-4-2/h3-4,13H,1,5-12H2,2H3. The summed E-state index contributed by atoms with van der Waals surface area (Å²) in [5, 5.41) is 0. The lowest BCUT2D eigenvalue weighted by Gasteiger charge is -2.00. The van der Waals surface area contributed by atoms with Crippen molar-refractivity contribution in [3.63, 3.8) is 0 Å². The van der Waals surface area contributed by atoms with Crippen molar-refractivity contribution in [2.45, 2.75) is 58.3 Å². The predicted octanol–water partition coefficient (Wildman–Crippen LogP) is 4.37. The third-order valence-electron chi connectivity index (χ3n) is 2.37. The van der Waals surface area contributed by atoms with E-state index in [1.165, 1.54) is 31.9 Å². The molecule has 0 amide bonds. The Labute approximate surface area is 99.4 Å². The van der Waals surface area contributed by atoms with E-state index in [-0.39, 0.29) is 5.97 Å². The van der Waals surface area contributed by atoms with Crippen LogP contribution < -0.4 is 0 Å². The average Bonchev–Trinajstić information content (AvgIpc) is 2.30. The van der Waals surface area contributed by atoms with E-state index in [1.807, 2.05) is 13.0 Å². The van der Waals surface area contributed by atoms with Gasteiger partial charge in [-0.25, -0.2) is 0 Å². The van der Waals surface area contributed by atoms with Gasteiger partial charge in [0.05, 0.1) is 6.26 Å². The SMILES string of the molecule is C=CCCCCCCCCC(=O)OC=CC. The molecule has 0 saturated carbocycles. The minimum Gasteiger partial charge on any atom is -0.435 e. The van der Waals surface area contributed by atoms with Crippen LogP contribution in [-0.4, -0.2) is 5.97 Å². The van der Waals surface area contributed by atoms with Gasteiger partial charge in [-0.05, 0) is 26.2 Å². The summed E-state index contributed by atoms with van der Waals surface area (Å²) in [6, 6.07) is 0. The second-order valence-electron chi connectivity index (χ2n) is 3.91. The molecule has 0 atom stereocenters. The van der Waals surface area contributed by atoms with E-state index in [1.54, 1.807) is 6.08 Å². The highest BCUT2D eigenvalue weighted by molar-refractivity contribution is 5.69. The second-order valence-corrected chi connectivity index (χ2v) is 3.91. The molecule has 0 spiro atoms. The van der Waals surface area contributed by atoms with Crippen LogP contribution in [0.1, 0.15) is 58.3 Å². The van der Waals surface area contributed by atoms with Crippen molar-refractivity contribution in [3.05, 3.63) is 25.0 Å². The molecule has 0 aromatic heterocycles. The van der Waals surface area contributed by atoms with E-state index < -0.39 is 0 Å². The number of allylic oxidation sites excluding steroid dienone is 2. The molecule has 0 saturated heterocycles. The fourth-order valence-corrected chi connectivity index (χ4v) is 1.47. The molecule has 0 bridgehead atoms. The van der Waals surface area contributed by atoms with E-state index in [0.717, 1.165) is 19.3 Å². The smallest absolute Gasteiger partial charge is 0.310 e. The molecule has 0 fully saturated rings. The monoisotopic (exact) mass is 224 g/mol. The summed E-state index contributed by atoms with van der Waals surface area (Å²) in [5.74, 6) is -0.121. The Morgan fingerprint density at radius 1 is 1.12 bits per heavy atom. The minimum atomic E-state index is -0.121. The van der Waals surface area contributed by atoms with Gasteiger partial charge in [-0.3, -0.25) is 4.79 Å². The zero-order valence-corrected chi connectivity index (χ0v) is 10.4. The maximum absolute atomic E-state index is 11.1. The summed E-state index contributed by atoms with van der Waals surface area (Å²) in [4.78, 5) is 11.1. The summed E-state index contributed by atoms with van der Waals surface area (Å²) in [6.07, 6.45) is 13.9. The van der Waals surface area contributed by atoms with E-state index in [2.05, 4.69) is 6.58 Å². The molecule has 0 heterocycles. The first-order valence-corrected chi connectivity index (χ1v) is 6.22. The number of carbonyl (C=O) groups excluding carboxylic acids is 1.